The minimum atomic E-state index is -0.802. The van der Waals surface area contributed by atoms with E-state index < -0.39 is 6.10 Å². The Labute approximate surface area is 421 Å². The lowest BCUT2D eigenvalue weighted by molar-refractivity contribution is -0.167. The van der Waals surface area contributed by atoms with Crippen molar-refractivity contribution in [2.75, 3.05) is 13.2 Å². The van der Waals surface area contributed by atoms with Crippen LogP contribution in [0.15, 0.2) is 72.9 Å². The van der Waals surface area contributed by atoms with Crippen LogP contribution < -0.4 is 0 Å². The quantitative estimate of drug-likeness (QED) is 0.0262. The van der Waals surface area contributed by atoms with Gasteiger partial charge in [0.1, 0.15) is 13.2 Å². The highest BCUT2D eigenvalue weighted by Gasteiger charge is 2.19. The fourth-order valence-electron chi connectivity index (χ4n) is 8.11. The van der Waals surface area contributed by atoms with Crippen molar-refractivity contribution in [3.63, 3.8) is 0 Å². The Morgan fingerprint density at radius 2 is 0.574 bits per heavy atom. The molecule has 0 spiro atoms. The van der Waals surface area contributed by atoms with Gasteiger partial charge >= 0.3 is 17.9 Å². The molecule has 1 unspecified atom stereocenters. The maximum atomic E-state index is 12.8. The van der Waals surface area contributed by atoms with E-state index >= 15 is 0 Å². The number of hydrogen-bond acceptors (Lipinski definition) is 6. The first kappa shape index (κ1) is 64.8. The van der Waals surface area contributed by atoms with Gasteiger partial charge in [-0.05, 0) is 89.9 Å². The molecule has 392 valence electrons. The average Bonchev–Trinajstić information content (AvgIpc) is 3.34. The fourth-order valence-corrected chi connectivity index (χ4v) is 8.11. The predicted molar refractivity (Wildman–Crippen MR) is 293 cm³/mol. The Morgan fingerprint density at radius 3 is 0.956 bits per heavy atom. The molecule has 0 bridgehead atoms. The van der Waals surface area contributed by atoms with E-state index in [0.717, 1.165) is 103 Å². The summed E-state index contributed by atoms with van der Waals surface area (Å²) in [5, 5.41) is 0. The third-order valence-electron chi connectivity index (χ3n) is 12.4. The van der Waals surface area contributed by atoms with Crippen molar-refractivity contribution in [2.24, 2.45) is 0 Å². The molecule has 0 saturated heterocycles. The Balaban J connectivity index is 4.40. The van der Waals surface area contributed by atoms with Crippen LogP contribution in [-0.2, 0) is 28.6 Å². The summed E-state index contributed by atoms with van der Waals surface area (Å²) < 4.78 is 16.8. The molecule has 0 saturated carbocycles. The first-order chi connectivity index (χ1) is 33.5. The zero-order valence-electron chi connectivity index (χ0n) is 44.9. The molecule has 0 aliphatic carbocycles. The molecule has 0 aliphatic rings. The van der Waals surface area contributed by atoms with Crippen molar-refractivity contribution in [2.45, 2.75) is 290 Å². The van der Waals surface area contributed by atoms with Gasteiger partial charge in [0.25, 0.3) is 0 Å². The molecule has 68 heavy (non-hydrogen) atoms. The lowest BCUT2D eigenvalue weighted by atomic mass is 10.0. The Morgan fingerprint density at radius 1 is 0.309 bits per heavy atom. The predicted octanol–water partition coefficient (Wildman–Crippen LogP) is 19.4. The second kappa shape index (κ2) is 56.4. The number of ether oxygens (including phenoxy) is 3. The lowest BCUT2D eigenvalue weighted by Gasteiger charge is -2.18. The highest BCUT2D eigenvalue weighted by molar-refractivity contribution is 5.71. The summed E-state index contributed by atoms with van der Waals surface area (Å²) in [6.07, 6.45) is 71.8. The van der Waals surface area contributed by atoms with Gasteiger partial charge in [0, 0.05) is 19.3 Å². The van der Waals surface area contributed by atoms with Crippen molar-refractivity contribution in [1.82, 2.24) is 0 Å². The first-order valence-electron chi connectivity index (χ1n) is 28.9. The average molecular weight is 950 g/mol. The highest BCUT2D eigenvalue weighted by atomic mass is 16.6. The Bertz CT molecular complexity index is 1270. The zero-order chi connectivity index (χ0) is 49.3. The molecule has 0 aromatic rings. The van der Waals surface area contributed by atoms with Gasteiger partial charge in [-0.1, -0.05) is 248 Å². The SMILES string of the molecule is CC/C=C\C/C=C\C/C=C\C/C=C\CCCCC(=O)OC(COC(=O)CCCCCCC/C=C\C/C=C\CCCCC)COC(=O)CCCCCCCCCCCCCCCCCCCCCC. The number of esters is 3. The molecule has 0 amide bonds. The third-order valence-corrected chi connectivity index (χ3v) is 12.4. The minimum Gasteiger partial charge on any atom is -0.462 e. The molecular weight excluding hydrogens is 841 g/mol. The summed E-state index contributed by atoms with van der Waals surface area (Å²) in [6.45, 7) is 6.48. The Hall–Kier alpha value is -3.15. The number of unbranched alkanes of at least 4 members (excludes halogenated alkanes) is 29. The normalized spacial score (nSPS) is 12.6. The summed E-state index contributed by atoms with van der Waals surface area (Å²) in [5.41, 5.74) is 0. The van der Waals surface area contributed by atoms with Crippen LogP contribution >= 0.6 is 0 Å². The summed E-state index contributed by atoms with van der Waals surface area (Å²) in [5.74, 6) is -0.941. The maximum Gasteiger partial charge on any atom is 0.306 e. The van der Waals surface area contributed by atoms with Gasteiger partial charge in [0.2, 0.25) is 0 Å². The van der Waals surface area contributed by atoms with Gasteiger partial charge in [-0.2, -0.15) is 0 Å². The number of carbonyl (C=O) groups is 3. The summed E-state index contributed by atoms with van der Waals surface area (Å²) in [4.78, 5) is 38.1. The second-order valence-electron chi connectivity index (χ2n) is 19.2. The van der Waals surface area contributed by atoms with Crippen molar-refractivity contribution in [1.29, 1.82) is 0 Å². The van der Waals surface area contributed by atoms with Gasteiger partial charge in [-0.3, -0.25) is 14.4 Å². The van der Waals surface area contributed by atoms with Crippen molar-refractivity contribution in [3.05, 3.63) is 72.9 Å². The minimum absolute atomic E-state index is 0.0946. The van der Waals surface area contributed by atoms with Crippen LogP contribution in [0.1, 0.15) is 284 Å². The van der Waals surface area contributed by atoms with E-state index in [4.69, 9.17) is 14.2 Å². The Kier molecular flexibility index (Phi) is 53.8. The van der Waals surface area contributed by atoms with Crippen molar-refractivity contribution < 1.29 is 28.6 Å². The first-order valence-corrected chi connectivity index (χ1v) is 28.9. The number of hydrogen-bond donors (Lipinski definition) is 0. The zero-order valence-corrected chi connectivity index (χ0v) is 44.9. The molecule has 0 N–H and O–H groups in total. The van der Waals surface area contributed by atoms with E-state index in [1.165, 1.54) is 135 Å². The van der Waals surface area contributed by atoms with Crippen LogP contribution in [0.25, 0.3) is 0 Å². The van der Waals surface area contributed by atoms with Gasteiger partial charge in [-0.15, -0.1) is 0 Å². The molecule has 0 rings (SSSR count). The molecule has 0 aliphatic heterocycles. The van der Waals surface area contributed by atoms with Crippen LogP contribution in [0.2, 0.25) is 0 Å². The number of rotatable bonds is 52. The second-order valence-corrected chi connectivity index (χ2v) is 19.2. The van der Waals surface area contributed by atoms with Gasteiger partial charge in [0.15, 0.2) is 6.10 Å². The number of carbonyl (C=O) groups excluding carboxylic acids is 3. The van der Waals surface area contributed by atoms with Gasteiger partial charge in [-0.25, -0.2) is 0 Å². The standard InChI is InChI=1S/C62H108O6/c1-4-7-10-13-16-19-22-25-28-29-30-31-32-35-37-40-43-46-49-52-55-61(64)67-58-59(68-62(65)56-53-50-47-44-41-38-34-27-24-21-18-15-12-9-6-3)57-66-60(63)54-51-48-45-42-39-36-33-26-23-20-17-14-11-8-5-2/h9,12,17-18,20-21,26-27,33-34,41,44,59H,4-8,10-11,13-16,19,22-25,28-32,35-40,42-43,45-58H2,1-3H3/b12-9-,20-17-,21-18-,33-26-,34-27-,44-41-. The van der Waals surface area contributed by atoms with Crippen LogP contribution in [0.5, 0.6) is 0 Å². The summed E-state index contributed by atoms with van der Waals surface area (Å²) in [7, 11) is 0. The van der Waals surface area contributed by atoms with Crippen LogP contribution in [0, 0.1) is 0 Å². The van der Waals surface area contributed by atoms with Crippen molar-refractivity contribution in [3.8, 4) is 0 Å². The van der Waals surface area contributed by atoms with E-state index in [2.05, 4.69) is 93.7 Å². The largest absolute Gasteiger partial charge is 0.462 e. The highest BCUT2D eigenvalue weighted by Crippen LogP contribution is 2.16. The smallest absolute Gasteiger partial charge is 0.306 e. The molecular formula is C62H108O6. The topological polar surface area (TPSA) is 78.9 Å². The summed E-state index contributed by atoms with van der Waals surface area (Å²) in [6, 6.07) is 0. The van der Waals surface area contributed by atoms with Gasteiger partial charge in [0.05, 0.1) is 0 Å². The third kappa shape index (κ3) is 53.8. The van der Waals surface area contributed by atoms with E-state index in [1.807, 2.05) is 0 Å². The molecule has 0 fully saturated rings. The number of allylic oxidation sites excluding steroid dienone is 12. The summed E-state index contributed by atoms with van der Waals surface area (Å²) >= 11 is 0. The monoisotopic (exact) mass is 949 g/mol. The molecule has 0 heterocycles. The molecule has 1 atom stereocenters. The van der Waals surface area contributed by atoms with E-state index in [-0.39, 0.29) is 37.5 Å². The molecule has 6 heteroatoms. The molecule has 0 aromatic carbocycles. The maximum absolute atomic E-state index is 12.8. The molecule has 0 aromatic heterocycles. The van der Waals surface area contributed by atoms with E-state index in [9.17, 15) is 14.4 Å². The van der Waals surface area contributed by atoms with E-state index in [0.29, 0.717) is 19.3 Å². The molecule has 6 nitrogen and oxygen atoms in total. The van der Waals surface area contributed by atoms with Crippen LogP contribution in [-0.4, -0.2) is 37.2 Å². The van der Waals surface area contributed by atoms with Gasteiger partial charge < -0.3 is 14.2 Å². The van der Waals surface area contributed by atoms with Crippen molar-refractivity contribution >= 4 is 17.9 Å². The van der Waals surface area contributed by atoms with Crippen LogP contribution in [0.4, 0.5) is 0 Å². The lowest BCUT2D eigenvalue weighted by Crippen LogP contribution is -2.30. The van der Waals surface area contributed by atoms with Crippen LogP contribution in [0.3, 0.4) is 0 Å². The fraction of sp³-hybridized carbons (Fsp3) is 0.758. The molecule has 0 radical (unpaired) electrons. The van der Waals surface area contributed by atoms with E-state index in [1.54, 1.807) is 0 Å².